The lowest BCUT2D eigenvalue weighted by molar-refractivity contribution is 0.982. The van der Waals surface area contributed by atoms with Crippen LogP contribution in [0.5, 0.6) is 0 Å². The van der Waals surface area contributed by atoms with Gasteiger partial charge >= 0.3 is 0 Å². The molecule has 0 fully saturated rings. The molecular formula is C34H24N2. The fourth-order valence-corrected chi connectivity index (χ4v) is 7.12. The third-order valence-electron chi connectivity index (χ3n) is 8.60. The summed E-state index contributed by atoms with van der Waals surface area (Å²) in [5.74, 6) is 0. The molecule has 0 saturated carbocycles. The molecule has 0 saturated heterocycles. The molecule has 0 unspecified atom stereocenters. The number of hydrogen-bond donors (Lipinski definition) is 0. The Morgan fingerprint density at radius 3 is 1.14 bits per heavy atom. The van der Waals surface area contributed by atoms with Crippen molar-refractivity contribution in [1.82, 2.24) is 0 Å². The second-order valence-electron chi connectivity index (χ2n) is 10.6. The van der Waals surface area contributed by atoms with E-state index in [0.29, 0.717) is 0 Å². The van der Waals surface area contributed by atoms with E-state index in [1.807, 2.05) is 0 Å². The molecule has 0 aromatic heterocycles. The Hall–Kier alpha value is -4.30. The summed E-state index contributed by atoms with van der Waals surface area (Å²) in [4.78, 5) is 5.11. The third-order valence-corrected chi connectivity index (χ3v) is 8.60. The van der Waals surface area contributed by atoms with Crippen molar-refractivity contribution in [1.29, 1.82) is 0 Å². The Labute approximate surface area is 211 Å². The number of fused-ring (bicyclic) bond motifs is 8. The molecule has 9 rings (SSSR count). The minimum atomic E-state index is 0.981. The highest BCUT2D eigenvalue weighted by Crippen LogP contribution is 2.55. The number of para-hydroxylation sites is 4. The first-order valence-electron chi connectivity index (χ1n) is 13.0. The quantitative estimate of drug-likeness (QED) is 0.225. The van der Waals surface area contributed by atoms with Crippen molar-refractivity contribution in [3.8, 4) is 0 Å². The summed E-state index contributed by atoms with van der Waals surface area (Å²) >= 11 is 0. The molecule has 0 N–H and O–H groups in total. The molecule has 4 heterocycles. The topological polar surface area (TPSA) is 6.48 Å². The first kappa shape index (κ1) is 19.0. The lowest BCUT2D eigenvalue weighted by Gasteiger charge is -2.43. The van der Waals surface area contributed by atoms with Gasteiger partial charge in [-0.25, -0.2) is 0 Å². The monoisotopic (exact) mass is 460 g/mol. The molecule has 5 aromatic rings. The van der Waals surface area contributed by atoms with Crippen molar-refractivity contribution in [2.45, 2.75) is 25.7 Å². The minimum absolute atomic E-state index is 0.981. The zero-order valence-electron chi connectivity index (χ0n) is 20.0. The average Bonchev–Trinajstić information content (AvgIpc) is 2.92. The summed E-state index contributed by atoms with van der Waals surface area (Å²) in [5, 5.41) is 0. The molecule has 4 aliphatic heterocycles. The van der Waals surface area contributed by atoms with Gasteiger partial charge in [0.15, 0.2) is 0 Å². The molecule has 0 aliphatic carbocycles. The molecule has 0 bridgehead atoms. The normalized spacial score (nSPS) is 15.2. The Balaban J connectivity index is 1.31. The molecular weight excluding hydrogens is 436 g/mol. The van der Waals surface area contributed by atoms with Crippen LogP contribution in [-0.2, 0) is 25.7 Å². The van der Waals surface area contributed by atoms with E-state index in [2.05, 4.69) is 107 Å². The Bertz CT molecular complexity index is 1630. The summed E-state index contributed by atoms with van der Waals surface area (Å²) < 4.78 is 0. The van der Waals surface area contributed by atoms with Crippen LogP contribution in [0, 0.1) is 0 Å². The standard InChI is InChI=1S/C34H24N2/c1-3-13-29-21(7-1)15-23-9-5-11-25-17-27-20-32-28(19-31(27)35(29)33(23)25)18-26-12-6-10-24-16-22-8-2-4-14-30(22)36(32)34(24)26/h1-14,19-20H,15-18H2. The van der Waals surface area contributed by atoms with Crippen LogP contribution in [0.3, 0.4) is 0 Å². The predicted molar refractivity (Wildman–Crippen MR) is 147 cm³/mol. The van der Waals surface area contributed by atoms with Gasteiger partial charge in [0, 0.05) is 37.1 Å². The van der Waals surface area contributed by atoms with Gasteiger partial charge in [-0.05, 0) is 68.8 Å². The maximum atomic E-state index is 2.55. The lowest BCUT2D eigenvalue weighted by atomic mass is 9.83. The summed E-state index contributed by atoms with van der Waals surface area (Å²) in [6.45, 7) is 0. The van der Waals surface area contributed by atoms with E-state index in [0.717, 1.165) is 25.7 Å². The zero-order valence-corrected chi connectivity index (χ0v) is 20.0. The van der Waals surface area contributed by atoms with Crippen molar-refractivity contribution in [3.63, 3.8) is 0 Å². The van der Waals surface area contributed by atoms with Gasteiger partial charge < -0.3 is 9.80 Å². The average molecular weight is 461 g/mol. The Morgan fingerprint density at radius 1 is 0.333 bits per heavy atom. The SMILES string of the molecule is c1ccc2c(c1)Cc1cccc3c1N2c1cc2c(cc1C3)N1c3ccccc3Cc3cccc(c31)C2. The largest absolute Gasteiger partial charge is 0.309 e. The fraction of sp³-hybridized carbons (Fsp3) is 0.118. The summed E-state index contributed by atoms with van der Waals surface area (Å²) in [5.41, 5.74) is 19.6. The van der Waals surface area contributed by atoms with E-state index in [4.69, 9.17) is 0 Å². The number of benzene rings is 5. The lowest BCUT2D eigenvalue weighted by Crippen LogP contribution is -2.27. The van der Waals surface area contributed by atoms with Crippen LogP contribution in [-0.4, -0.2) is 0 Å². The second-order valence-corrected chi connectivity index (χ2v) is 10.6. The molecule has 170 valence electrons. The van der Waals surface area contributed by atoms with Crippen LogP contribution >= 0.6 is 0 Å². The highest BCUT2D eigenvalue weighted by atomic mass is 15.2. The number of hydrogen-bond acceptors (Lipinski definition) is 2. The Morgan fingerprint density at radius 2 is 0.694 bits per heavy atom. The van der Waals surface area contributed by atoms with Crippen LogP contribution in [0.15, 0.2) is 97.1 Å². The minimum Gasteiger partial charge on any atom is -0.309 e. The van der Waals surface area contributed by atoms with Gasteiger partial charge in [0.2, 0.25) is 0 Å². The highest BCUT2D eigenvalue weighted by Gasteiger charge is 2.35. The van der Waals surface area contributed by atoms with E-state index < -0.39 is 0 Å². The second kappa shape index (κ2) is 6.67. The van der Waals surface area contributed by atoms with Crippen molar-refractivity contribution in [3.05, 3.63) is 142 Å². The van der Waals surface area contributed by atoms with Gasteiger partial charge in [-0.3, -0.25) is 0 Å². The fourth-order valence-electron chi connectivity index (χ4n) is 7.12. The molecule has 0 amide bonds. The van der Waals surface area contributed by atoms with Gasteiger partial charge in [0.25, 0.3) is 0 Å². The van der Waals surface area contributed by atoms with E-state index in [1.54, 1.807) is 0 Å². The Kier molecular flexibility index (Phi) is 3.51. The summed E-state index contributed by atoms with van der Waals surface area (Å²) in [6.07, 6.45) is 3.98. The predicted octanol–water partition coefficient (Wildman–Crippen LogP) is 8.24. The zero-order chi connectivity index (χ0) is 23.4. The van der Waals surface area contributed by atoms with Crippen LogP contribution in [0.25, 0.3) is 0 Å². The summed E-state index contributed by atoms with van der Waals surface area (Å²) in [6, 6.07) is 36.7. The first-order chi connectivity index (χ1) is 17.8. The highest BCUT2D eigenvalue weighted by molar-refractivity contribution is 5.94. The maximum Gasteiger partial charge on any atom is 0.0532 e. The number of nitrogens with zero attached hydrogens (tertiary/aromatic N) is 2. The van der Waals surface area contributed by atoms with Gasteiger partial charge in [0.1, 0.15) is 0 Å². The maximum absolute atomic E-state index is 2.55. The summed E-state index contributed by atoms with van der Waals surface area (Å²) in [7, 11) is 0. The molecule has 0 spiro atoms. The first-order valence-corrected chi connectivity index (χ1v) is 13.0. The molecule has 2 heteroatoms. The van der Waals surface area contributed by atoms with E-state index in [-0.39, 0.29) is 0 Å². The third kappa shape index (κ3) is 2.37. The van der Waals surface area contributed by atoms with Crippen molar-refractivity contribution < 1.29 is 0 Å². The molecule has 4 aliphatic rings. The van der Waals surface area contributed by atoms with Gasteiger partial charge in [-0.15, -0.1) is 0 Å². The van der Waals surface area contributed by atoms with Crippen LogP contribution in [0.4, 0.5) is 34.1 Å². The van der Waals surface area contributed by atoms with Gasteiger partial charge in [0.05, 0.1) is 22.7 Å². The van der Waals surface area contributed by atoms with Crippen molar-refractivity contribution in [2.24, 2.45) is 0 Å². The molecule has 0 radical (unpaired) electrons. The van der Waals surface area contributed by atoms with Crippen LogP contribution in [0.2, 0.25) is 0 Å². The molecule has 0 atom stereocenters. The van der Waals surface area contributed by atoms with Crippen LogP contribution in [0.1, 0.15) is 44.5 Å². The van der Waals surface area contributed by atoms with E-state index >= 15 is 0 Å². The number of anilines is 6. The van der Waals surface area contributed by atoms with E-state index in [1.165, 1.54) is 78.6 Å². The molecule has 5 aromatic carbocycles. The van der Waals surface area contributed by atoms with Crippen molar-refractivity contribution in [2.75, 3.05) is 9.80 Å². The van der Waals surface area contributed by atoms with Gasteiger partial charge in [-0.2, -0.15) is 0 Å². The molecule has 36 heavy (non-hydrogen) atoms. The van der Waals surface area contributed by atoms with Crippen molar-refractivity contribution >= 4 is 34.1 Å². The van der Waals surface area contributed by atoms with E-state index in [9.17, 15) is 0 Å². The number of rotatable bonds is 0. The van der Waals surface area contributed by atoms with Crippen LogP contribution < -0.4 is 9.80 Å². The molecule has 2 nitrogen and oxygen atoms in total. The smallest absolute Gasteiger partial charge is 0.0532 e. The van der Waals surface area contributed by atoms with Gasteiger partial charge in [-0.1, -0.05) is 72.8 Å².